The maximum atomic E-state index is 12.0. The predicted molar refractivity (Wildman–Crippen MR) is 72.0 cm³/mol. The summed E-state index contributed by atoms with van der Waals surface area (Å²) in [6.45, 7) is 0.148. The highest BCUT2D eigenvalue weighted by Crippen LogP contribution is 2.24. The molecule has 1 aromatic carbocycles. The summed E-state index contributed by atoms with van der Waals surface area (Å²) in [4.78, 5) is 11.3. The maximum absolute atomic E-state index is 12.0. The van der Waals surface area contributed by atoms with Gasteiger partial charge < -0.3 is 10.1 Å². The van der Waals surface area contributed by atoms with E-state index in [9.17, 15) is 18.0 Å². The van der Waals surface area contributed by atoms with Gasteiger partial charge in [-0.15, -0.1) is 0 Å². The topological polar surface area (TPSA) is 38.3 Å². The number of amides is 1. The van der Waals surface area contributed by atoms with E-state index < -0.39 is 24.9 Å². The lowest BCUT2D eigenvalue weighted by atomic mass is 9.89. The molecule has 1 aliphatic carbocycles. The third-order valence-corrected chi connectivity index (χ3v) is 3.57. The molecule has 1 unspecified atom stereocenters. The number of hydrogen-bond donors (Lipinski definition) is 1. The number of fused-ring (bicyclic) bond motifs is 1. The fraction of sp³-hybridized carbons (Fsp3) is 0.533. The third kappa shape index (κ3) is 4.65. The van der Waals surface area contributed by atoms with Gasteiger partial charge in [-0.05, 0) is 49.3 Å². The van der Waals surface area contributed by atoms with E-state index in [1.54, 1.807) is 6.92 Å². The Bertz CT molecular complexity index is 514. The first-order valence-electron chi connectivity index (χ1n) is 6.97. The largest absolute Gasteiger partial charge is 0.440 e. The fourth-order valence-electron chi connectivity index (χ4n) is 2.47. The SMILES string of the molecule is CC(NC(=O)OCC(F)(F)F)c1ccc2c(c1)CCCC2. The highest BCUT2D eigenvalue weighted by atomic mass is 19.4. The van der Waals surface area contributed by atoms with Crippen molar-refractivity contribution in [3.63, 3.8) is 0 Å². The molecule has 1 atom stereocenters. The third-order valence-electron chi connectivity index (χ3n) is 3.57. The van der Waals surface area contributed by atoms with Crippen molar-refractivity contribution in [2.45, 2.75) is 44.8 Å². The molecule has 0 aromatic heterocycles. The van der Waals surface area contributed by atoms with Gasteiger partial charge in [0, 0.05) is 0 Å². The molecule has 1 amide bonds. The van der Waals surface area contributed by atoms with E-state index in [0.717, 1.165) is 24.8 Å². The maximum Gasteiger partial charge on any atom is 0.422 e. The number of halogens is 3. The van der Waals surface area contributed by atoms with Crippen molar-refractivity contribution < 1.29 is 22.7 Å². The Hall–Kier alpha value is -1.72. The van der Waals surface area contributed by atoms with Crippen LogP contribution in [0, 0.1) is 0 Å². The first-order chi connectivity index (χ1) is 9.85. The highest BCUT2D eigenvalue weighted by molar-refractivity contribution is 5.67. The lowest BCUT2D eigenvalue weighted by molar-refractivity contribution is -0.160. The molecule has 0 bridgehead atoms. The van der Waals surface area contributed by atoms with E-state index in [4.69, 9.17) is 0 Å². The normalized spacial score (nSPS) is 16.0. The van der Waals surface area contributed by atoms with Crippen molar-refractivity contribution in [2.75, 3.05) is 6.61 Å². The first kappa shape index (κ1) is 15.7. The van der Waals surface area contributed by atoms with Gasteiger partial charge in [0.05, 0.1) is 6.04 Å². The summed E-state index contributed by atoms with van der Waals surface area (Å²) in [6.07, 6.45) is -1.17. The van der Waals surface area contributed by atoms with Gasteiger partial charge in [-0.2, -0.15) is 13.2 Å². The zero-order valence-electron chi connectivity index (χ0n) is 11.8. The van der Waals surface area contributed by atoms with E-state index in [0.29, 0.717) is 0 Å². The van der Waals surface area contributed by atoms with Crippen molar-refractivity contribution in [1.29, 1.82) is 0 Å². The van der Waals surface area contributed by atoms with Crippen LogP contribution in [0.5, 0.6) is 0 Å². The second-order valence-electron chi connectivity index (χ2n) is 5.29. The molecule has 21 heavy (non-hydrogen) atoms. The molecule has 116 valence electrons. The molecule has 0 saturated heterocycles. The summed E-state index contributed by atoms with van der Waals surface area (Å²) < 4.78 is 40.0. The van der Waals surface area contributed by atoms with Crippen LogP contribution < -0.4 is 5.32 Å². The highest BCUT2D eigenvalue weighted by Gasteiger charge is 2.29. The number of ether oxygens (including phenoxy) is 1. The summed E-state index contributed by atoms with van der Waals surface area (Å²) in [5, 5.41) is 2.41. The Labute approximate surface area is 121 Å². The van der Waals surface area contributed by atoms with Crippen LogP contribution in [0.1, 0.15) is 42.5 Å². The monoisotopic (exact) mass is 301 g/mol. The molecule has 0 spiro atoms. The number of aryl methyl sites for hydroxylation is 2. The molecule has 3 nitrogen and oxygen atoms in total. The summed E-state index contributed by atoms with van der Waals surface area (Å²) in [7, 11) is 0. The van der Waals surface area contributed by atoms with Gasteiger partial charge in [-0.1, -0.05) is 18.2 Å². The number of benzene rings is 1. The molecular weight excluding hydrogens is 283 g/mol. The van der Waals surface area contributed by atoms with Crippen LogP contribution in [0.15, 0.2) is 18.2 Å². The van der Waals surface area contributed by atoms with Crippen molar-refractivity contribution >= 4 is 6.09 Å². The Kier molecular flexibility index (Phi) is 4.75. The van der Waals surface area contributed by atoms with Crippen LogP contribution in [0.25, 0.3) is 0 Å². The number of hydrogen-bond acceptors (Lipinski definition) is 2. The standard InChI is InChI=1S/C15H18F3NO2/c1-10(19-14(20)21-9-15(16,17)18)12-7-6-11-4-2-3-5-13(11)8-12/h6-8,10H,2-5,9H2,1H3,(H,19,20). The lowest BCUT2D eigenvalue weighted by Gasteiger charge is -2.20. The van der Waals surface area contributed by atoms with Crippen LogP contribution in [0.2, 0.25) is 0 Å². The number of alkyl carbamates (subject to hydrolysis) is 1. The van der Waals surface area contributed by atoms with Crippen molar-refractivity contribution in [2.24, 2.45) is 0 Å². The van der Waals surface area contributed by atoms with Gasteiger partial charge in [0.25, 0.3) is 0 Å². The minimum absolute atomic E-state index is 0.391. The predicted octanol–water partition coefficient (Wildman–Crippen LogP) is 3.91. The fourth-order valence-corrected chi connectivity index (χ4v) is 2.47. The van der Waals surface area contributed by atoms with Crippen LogP contribution in [-0.2, 0) is 17.6 Å². The van der Waals surface area contributed by atoms with Crippen LogP contribution in [0.3, 0.4) is 0 Å². The van der Waals surface area contributed by atoms with E-state index >= 15 is 0 Å². The minimum atomic E-state index is -4.51. The van der Waals surface area contributed by atoms with Gasteiger partial charge in [0.15, 0.2) is 6.61 Å². The number of rotatable bonds is 3. The van der Waals surface area contributed by atoms with Gasteiger partial charge >= 0.3 is 12.3 Å². The van der Waals surface area contributed by atoms with Gasteiger partial charge in [0.1, 0.15) is 0 Å². The molecule has 0 saturated carbocycles. The summed E-state index contributed by atoms with van der Waals surface area (Å²) in [6, 6.07) is 5.56. The zero-order chi connectivity index (χ0) is 15.5. The quantitative estimate of drug-likeness (QED) is 0.919. The summed E-state index contributed by atoms with van der Waals surface area (Å²) in [5.74, 6) is 0. The Morgan fingerprint density at radius 1 is 1.29 bits per heavy atom. The van der Waals surface area contributed by atoms with E-state index in [1.165, 1.54) is 17.5 Å². The second kappa shape index (κ2) is 6.37. The molecule has 6 heteroatoms. The van der Waals surface area contributed by atoms with Crippen molar-refractivity contribution in [3.8, 4) is 0 Å². The average molecular weight is 301 g/mol. The minimum Gasteiger partial charge on any atom is -0.440 e. The lowest BCUT2D eigenvalue weighted by Crippen LogP contribution is -2.31. The summed E-state index contributed by atoms with van der Waals surface area (Å²) in [5.41, 5.74) is 3.45. The van der Waals surface area contributed by atoms with Crippen molar-refractivity contribution in [1.82, 2.24) is 5.32 Å². The Morgan fingerprint density at radius 3 is 2.62 bits per heavy atom. The van der Waals surface area contributed by atoms with Gasteiger partial charge in [0.2, 0.25) is 0 Å². The zero-order valence-corrected chi connectivity index (χ0v) is 11.8. The van der Waals surface area contributed by atoms with E-state index in [-0.39, 0.29) is 0 Å². The molecule has 1 N–H and O–H groups in total. The first-order valence-corrected chi connectivity index (χ1v) is 6.97. The summed E-state index contributed by atoms with van der Waals surface area (Å²) >= 11 is 0. The molecule has 0 radical (unpaired) electrons. The average Bonchev–Trinajstić information content (AvgIpc) is 2.44. The van der Waals surface area contributed by atoms with Crippen molar-refractivity contribution in [3.05, 3.63) is 34.9 Å². The number of carbonyl (C=O) groups excluding carboxylic acids is 1. The van der Waals surface area contributed by atoms with Crippen LogP contribution in [-0.4, -0.2) is 18.9 Å². The number of carbonyl (C=O) groups is 1. The van der Waals surface area contributed by atoms with Crippen LogP contribution >= 0.6 is 0 Å². The second-order valence-corrected chi connectivity index (χ2v) is 5.29. The van der Waals surface area contributed by atoms with E-state index in [2.05, 4.69) is 10.1 Å². The number of alkyl halides is 3. The molecular formula is C15H18F3NO2. The molecule has 0 heterocycles. The molecule has 1 aliphatic rings. The Balaban J connectivity index is 1.94. The smallest absolute Gasteiger partial charge is 0.422 e. The van der Waals surface area contributed by atoms with E-state index in [1.807, 2.05) is 18.2 Å². The molecule has 2 rings (SSSR count). The van der Waals surface area contributed by atoms with Gasteiger partial charge in [-0.3, -0.25) is 0 Å². The molecule has 0 fully saturated rings. The van der Waals surface area contributed by atoms with Gasteiger partial charge in [-0.25, -0.2) is 4.79 Å². The molecule has 0 aliphatic heterocycles. The Morgan fingerprint density at radius 2 is 1.95 bits per heavy atom. The number of nitrogens with one attached hydrogen (secondary N) is 1. The molecule has 1 aromatic rings. The van der Waals surface area contributed by atoms with Crippen LogP contribution in [0.4, 0.5) is 18.0 Å².